The average Bonchev–Trinajstić information content (AvgIpc) is 2.61. The van der Waals surface area contributed by atoms with E-state index in [1.165, 1.54) is 6.07 Å². The molecular formula is C15H20FNO. The van der Waals surface area contributed by atoms with Crippen LogP contribution in [0.2, 0.25) is 0 Å². The van der Waals surface area contributed by atoms with Crippen LogP contribution in [-0.2, 0) is 11.2 Å². The number of carbonyl (C=O) groups excluding carboxylic acids is 1. The average molecular weight is 249 g/mol. The zero-order valence-electron chi connectivity index (χ0n) is 11.1. The van der Waals surface area contributed by atoms with Crippen LogP contribution in [0.5, 0.6) is 0 Å². The SMILES string of the molecule is CC1(C)CCN(CC(=O)Cc2ccccc2F)C1. The molecule has 0 atom stereocenters. The Balaban J connectivity index is 1.88. The largest absolute Gasteiger partial charge is 0.298 e. The minimum absolute atomic E-state index is 0.0952. The van der Waals surface area contributed by atoms with E-state index < -0.39 is 0 Å². The van der Waals surface area contributed by atoms with E-state index in [1.54, 1.807) is 18.2 Å². The van der Waals surface area contributed by atoms with Crippen molar-refractivity contribution in [3.05, 3.63) is 35.6 Å². The van der Waals surface area contributed by atoms with E-state index in [0.717, 1.165) is 19.5 Å². The molecule has 0 aromatic heterocycles. The van der Waals surface area contributed by atoms with Gasteiger partial charge in [-0.1, -0.05) is 32.0 Å². The lowest BCUT2D eigenvalue weighted by atomic mass is 9.93. The van der Waals surface area contributed by atoms with Gasteiger partial charge in [0.2, 0.25) is 0 Å². The van der Waals surface area contributed by atoms with Crippen molar-refractivity contribution < 1.29 is 9.18 Å². The summed E-state index contributed by atoms with van der Waals surface area (Å²) in [7, 11) is 0. The van der Waals surface area contributed by atoms with Gasteiger partial charge in [-0.05, 0) is 30.0 Å². The normalized spacial score (nSPS) is 19.1. The molecule has 0 spiro atoms. The van der Waals surface area contributed by atoms with Gasteiger partial charge < -0.3 is 0 Å². The Morgan fingerprint density at radius 3 is 2.72 bits per heavy atom. The molecular weight excluding hydrogens is 229 g/mol. The van der Waals surface area contributed by atoms with Crippen molar-refractivity contribution in [2.45, 2.75) is 26.7 Å². The summed E-state index contributed by atoms with van der Waals surface area (Å²) in [6.45, 7) is 6.80. The highest BCUT2D eigenvalue weighted by molar-refractivity contribution is 5.82. The second-order valence-electron chi connectivity index (χ2n) is 5.93. The van der Waals surface area contributed by atoms with Crippen molar-refractivity contribution >= 4 is 5.78 Å². The van der Waals surface area contributed by atoms with E-state index in [0.29, 0.717) is 17.5 Å². The maximum absolute atomic E-state index is 13.4. The van der Waals surface area contributed by atoms with Gasteiger partial charge in [0, 0.05) is 13.0 Å². The number of hydrogen-bond acceptors (Lipinski definition) is 2. The van der Waals surface area contributed by atoms with E-state index in [2.05, 4.69) is 18.7 Å². The number of likely N-dealkylation sites (tertiary alicyclic amines) is 1. The van der Waals surface area contributed by atoms with E-state index in [9.17, 15) is 9.18 Å². The standard InChI is InChI=1S/C15H20FNO/c1-15(2)7-8-17(11-15)10-13(18)9-12-5-3-4-6-14(12)16/h3-6H,7-11H2,1-2H3. The highest BCUT2D eigenvalue weighted by atomic mass is 19.1. The molecule has 0 aliphatic carbocycles. The number of benzene rings is 1. The smallest absolute Gasteiger partial charge is 0.151 e. The molecule has 0 bridgehead atoms. The molecule has 0 radical (unpaired) electrons. The van der Waals surface area contributed by atoms with Gasteiger partial charge in [-0.2, -0.15) is 0 Å². The lowest BCUT2D eigenvalue weighted by Crippen LogP contribution is -2.30. The van der Waals surface area contributed by atoms with E-state index in [-0.39, 0.29) is 18.0 Å². The Kier molecular flexibility index (Phi) is 3.81. The minimum atomic E-state index is -0.285. The van der Waals surface area contributed by atoms with E-state index in [1.807, 2.05) is 0 Å². The Bertz CT molecular complexity index is 442. The van der Waals surface area contributed by atoms with Gasteiger partial charge in [0.15, 0.2) is 5.78 Å². The van der Waals surface area contributed by atoms with Crippen LogP contribution in [0.4, 0.5) is 4.39 Å². The molecule has 3 heteroatoms. The molecule has 1 aliphatic heterocycles. The fourth-order valence-electron chi connectivity index (χ4n) is 2.52. The fraction of sp³-hybridized carbons (Fsp3) is 0.533. The summed E-state index contributed by atoms with van der Waals surface area (Å²) < 4.78 is 13.4. The molecule has 1 aromatic carbocycles. The molecule has 0 saturated carbocycles. The molecule has 1 saturated heterocycles. The highest BCUT2D eigenvalue weighted by Crippen LogP contribution is 2.28. The summed E-state index contributed by atoms with van der Waals surface area (Å²) in [5.41, 5.74) is 0.805. The first kappa shape index (κ1) is 13.2. The molecule has 0 unspecified atom stereocenters. The number of nitrogens with zero attached hydrogens (tertiary/aromatic N) is 1. The maximum Gasteiger partial charge on any atom is 0.151 e. The predicted octanol–water partition coefficient (Wildman–Crippen LogP) is 2.67. The molecule has 18 heavy (non-hydrogen) atoms. The van der Waals surface area contributed by atoms with Gasteiger partial charge in [-0.15, -0.1) is 0 Å². The fourth-order valence-corrected chi connectivity index (χ4v) is 2.52. The molecule has 98 valence electrons. The Labute approximate surface area is 108 Å². The maximum atomic E-state index is 13.4. The molecule has 1 heterocycles. The first-order valence-electron chi connectivity index (χ1n) is 6.44. The van der Waals surface area contributed by atoms with Crippen LogP contribution in [0, 0.1) is 11.2 Å². The number of Topliss-reactive ketones (excluding diaryl/α,β-unsaturated/α-hetero) is 1. The zero-order valence-corrected chi connectivity index (χ0v) is 11.1. The quantitative estimate of drug-likeness (QED) is 0.817. The molecule has 1 aliphatic rings. The van der Waals surface area contributed by atoms with Crippen LogP contribution < -0.4 is 0 Å². The second-order valence-corrected chi connectivity index (χ2v) is 5.93. The summed E-state index contributed by atoms with van der Waals surface area (Å²) in [4.78, 5) is 14.1. The Hall–Kier alpha value is -1.22. The number of halogens is 1. The lowest BCUT2D eigenvalue weighted by molar-refractivity contribution is -0.119. The predicted molar refractivity (Wildman–Crippen MR) is 69.9 cm³/mol. The lowest BCUT2D eigenvalue weighted by Gasteiger charge is -2.18. The summed E-state index contributed by atoms with van der Waals surface area (Å²) in [5.74, 6) is -0.189. The third kappa shape index (κ3) is 3.39. The third-order valence-corrected chi connectivity index (χ3v) is 3.50. The molecule has 2 rings (SSSR count). The molecule has 1 aromatic rings. The van der Waals surface area contributed by atoms with Gasteiger partial charge in [-0.25, -0.2) is 4.39 Å². The summed E-state index contributed by atoms with van der Waals surface area (Å²) in [5, 5.41) is 0. The van der Waals surface area contributed by atoms with Crippen molar-refractivity contribution in [2.75, 3.05) is 19.6 Å². The van der Waals surface area contributed by atoms with Crippen molar-refractivity contribution in [3.8, 4) is 0 Å². The van der Waals surface area contributed by atoms with Gasteiger partial charge >= 0.3 is 0 Å². The zero-order chi connectivity index (χ0) is 13.2. The summed E-state index contributed by atoms with van der Waals surface area (Å²) in [6, 6.07) is 6.50. The highest BCUT2D eigenvalue weighted by Gasteiger charge is 2.29. The van der Waals surface area contributed by atoms with Gasteiger partial charge in [-0.3, -0.25) is 9.69 Å². The van der Waals surface area contributed by atoms with Crippen LogP contribution in [0.1, 0.15) is 25.8 Å². The van der Waals surface area contributed by atoms with E-state index >= 15 is 0 Å². The second kappa shape index (κ2) is 5.19. The van der Waals surface area contributed by atoms with Crippen LogP contribution in [-0.4, -0.2) is 30.3 Å². The molecule has 1 fully saturated rings. The van der Waals surface area contributed by atoms with Gasteiger partial charge in [0.25, 0.3) is 0 Å². The van der Waals surface area contributed by atoms with Crippen molar-refractivity contribution in [3.63, 3.8) is 0 Å². The van der Waals surface area contributed by atoms with Crippen molar-refractivity contribution in [1.29, 1.82) is 0 Å². The summed E-state index contributed by atoms with van der Waals surface area (Å²) in [6.07, 6.45) is 1.32. The first-order chi connectivity index (χ1) is 8.46. The van der Waals surface area contributed by atoms with Crippen molar-refractivity contribution in [1.82, 2.24) is 4.90 Å². The Morgan fingerprint density at radius 1 is 1.39 bits per heavy atom. The van der Waals surface area contributed by atoms with Gasteiger partial charge in [0.05, 0.1) is 6.54 Å². The van der Waals surface area contributed by atoms with Crippen LogP contribution in [0.25, 0.3) is 0 Å². The van der Waals surface area contributed by atoms with Crippen LogP contribution in [0.3, 0.4) is 0 Å². The minimum Gasteiger partial charge on any atom is -0.298 e. The van der Waals surface area contributed by atoms with E-state index in [4.69, 9.17) is 0 Å². The number of hydrogen-bond donors (Lipinski definition) is 0. The van der Waals surface area contributed by atoms with Crippen molar-refractivity contribution in [2.24, 2.45) is 5.41 Å². The molecule has 2 nitrogen and oxygen atoms in total. The number of carbonyl (C=O) groups is 1. The molecule has 0 amide bonds. The third-order valence-electron chi connectivity index (χ3n) is 3.50. The monoisotopic (exact) mass is 249 g/mol. The number of ketones is 1. The first-order valence-corrected chi connectivity index (χ1v) is 6.44. The number of rotatable bonds is 4. The summed E-state index contributed by atoms with van der Waals surface area (Å²) >= 11 is 0. The Morgan fingerprint density at radius 2 is 2.11 bits per heavy atom. The van der Waals surface area contributed by atoms with Crippen LogP contribution in [0.15, 0.2) is 24.3 Å². The topological polar surface area (TPSA) is 20.3 Å². The molecule has 0 N–H and O–H groups in total. The van der Waals surface area contributed by atoms with Crippen LogP contribution >= 0.6 is 0 Å². The van der Waals surface area contributed by atoms with Gasteiger partial charge in [0.1, 0.15) is 5.82 Å².